The number of rotatable bonds is 8. The number of nitrogens with zero attached hydrogens (tertiary/aromatic N) is 3. The fourth-order valence-corrected chi connectivity index (χ4v) is 5.89. The SMILES string of the molecule is Cc1cc2nc(N(Cc3cccnc3)C(=O)CCS(=O)(=O)Cc3ccccc3)sc2cc1C. The van der Waals surface area contributed by atoms with Crippen LogP contribution in [0.4, 0.5) is 5.13 Å². The van der Waals surface area contributed by atoms with Gasteiger partial charge in [-0.2, -0.15) is 0 Å². The summed E-state index contributed by atoms with van der Waals surface area (Å²) >= 11 is 1.44. The number of hydrogen-bond donors (Lipinski definition) is 0. The Morgan fingerprint density at radius 2 is 1.73 bits per heavy atom. The highest BCUT2D eigenvalue weighted by Gasteiger charge is 2.23. The van der Waals surface area contributed by atoms with Crippen LogP contribution in [0, 0.1) is 13.8 Å². The summed E-state index contributed by atoms with van der Waals surface area (Å²) in [6.07, 6.45) is 3.27. The standard InChI is InChI=1S/C25H25N3O3S2/c1-18-13-22-23(14-19(18)2)32-25(27-22)28(16-21-9-6-11-26-15-21)24(29)10-12-33(30,31)17-20-7-4-3-5-8-20/h3-9,11,13-15H,10,12,16-17H2,1-2H3. The summed E-state index contributed by atoms with van der Waals surface area (Å²) in [5.41, 5.74) is 4.70. The molecule has 0 saturated carbocycles. The van der Waals surface area contributed by atoms with E-state index >= 15 is 0 Å². The van der Waals surface area contributed by atoms with Crippen LogP contribution < -0.4 is 4.90 Å². The molecule has 0 atom stereocenters. The third kappa shape index (κ3) is 5.83. The summed E-state index contributed by atoms with van der Waals surface area (Å²) in [7, 11) is -3.43. The molecule has 0 spiro atoms. The number of hydrogen-bond acceptors (Lipinski definition) is 6. The quantitative estimate of drug-likeness (QED) is 0.361. The number of aromatic nitrogens is 2. The van der Waals surface area contributed by atoms with Crippen molar-refractivity contribution in [1.82, 2.24) is 9.97 Å². The predicted molar refractivity (Wildman–Crippen MR) is 133 cm³/mol. The average molecular weight is 480 g/mol. The first-order chi connectivity index (χ1) is 15.8. The molecular weight excluding hydrogens is 454 g/mol. The number of aryl methyl sites for hydroxylation is 2. The molecule has 2 heterocycles. The highest BCUT2D eigenvalue weighted by Crippen LogP contribution is 2.32. The number of carbonyl (C=O) groups excluding carboxylic acids is 1. The van der Waals surface area contributed by atoms with Crippen molar-refractivity contribution in [2.24, 2.45) is 0 Å². The summed E-state index contributed by atoms with van der Waals surface area (Å²) in [6.45, 7) is 4.36. The van der Waals surface area contributed by atoms with Gasteiger partial charge in [0.05, 0.1) is 28.3 Å². The van der Waals surface area contributed by atoms with Crippen LogP contribution in [-0.4, -0.2) is 30.0 Å². The van der Waals surface area contributed by atoms with Gasteiger partial charge in [-0.05, 0) is 54.3 Å². The van der Waals surface area contributed by atoms with Crippen LogP contribution in [0.15, 0.2) is 67.0 Å². The summed E-state index contributed by atoms with van der Waals surface area (Å²) in [6, 6.07) is 16.8. The van der Waals surface area contributed by atoms with E-state index in [4.69, 9.17) is 4.98 Å². The fourth-order valence-electron chi connectivity index (χ4n) is 3.50. The van der Waals surface area contributed by atoms with Gasteiger partial charge < -0.3 is 0 Å². The lowest BCUT2D eigenvalue weighted by atomic mass is 10.1. The number of amides is 1. The molecule has 8 heteroatoms. The maximum atomic E-state index is 13.3. The first-order valence-corrected chi connectivity index (χ1v) is 13.3. The Kier molecular flexibility index (Phi) is 6.85. The van der Waals surface area contributed by atoms with Crippen molar-refractivity contribution >= 4 is 42.4 Å². The van der Waals surface area contributed by atoms with Gasteiger partial charge in [0.1, 0.15) is 0 Å². The molecule has 6 nitrogen and oxygen atoms in total. The molecule has 0 N–H and O–H groups in total. The molecule has 1 amide bonds. The van der Waals surface area contributed by atoms with Crippen molar-refractivity contribution in [2.45, 2.75) is 32.6 Å². The summed E-state index contributed by atoms with van der Waals surface area (Å²) in [5.74, 6) is -0.570. The Bertz CT molecular complexity index is 1330. The third-order valence-electron chi connectivity index (χ3n) is 5.44. The Labute approximate surface area is 197 Å². The molecule has 0 fully saturated rings. The van der Waals surface area contributed by atoms with Crippen LogP contribution in [0.2, 0.25) is 0 Å². The van der Waals surface area contributed by atoms with E-state index < -0.39 is 9.84 Å². The minimum Gasteiger partial charge on any atom is -0.284 e. The number of pyridine rings is 1. The molecule has 0 saturated heterocycles. The second-order valence-electron chi connectivity index (χ2n) is 8.07. The van der Waals surface area contributed by atoms with E-state index in [2.05, 4.69) is 11.1 Å². The van der Waals surface area contributed by atoms with Gasteiger partial charge in [-0.15, -0.1) is 0 Å². The lowest BCUT2D eigenvalue weighted by Gasteiger charge is -2.20. The van der Waals surface area contributed by atoms with Crippen LogP contribution >= 0.6 is 11.3 Å². The van der Waals surface area contributed by atoms with E-state index in [0.717, 1.165) is 26.9 Å². The Hall–Kier alpha value is -3.10. The summed E-state index contributed by atoms with van der Waals surface area (Å²) < 4.78 is 26.3. The Morgan fingerprint density at radius 1 is 1.00 bits per heavy atom. The number of fused-ring (bicyclic) bond motifs is 1. The zero-order valence-corrected chi connectivity index (χ0v) is 20.2. The van der Waals surface area contributed by atoms with E-state index in [1.165, 1.54) is 11.3 Å². The van der Waals surface area contributed by atoms with Crippen molar-refractivity contribution in [1.29, 1.82) is 0 Å². The molecule has 0 radical (unpaired) electrons. The van der Waals surface area contributed by atoms with Crippen LogP contribution in [0.3, 0.4) is 0 Å². The minimum absolute atomic E-state index is 0.0799. The first-order valence-electron chi connectivity index (χ1n) is 10.6. The van der Waals surface area contributed by atoms with E-state index in [1.54, 1.807) is 29.4 Å². The molecule has 2 aromatic heterocycles. The molecule has 0 aliphatic rings. The zero-order chi connectivity index (χ0) is 23.4. The average Bonchev–Trinajstić information content (AvgIpc) is 3.19. The molecule has 4 aromatic rings. The second kappa shape index (κ2) is 9.80. The zero-order valence-electron chi connectivity index (χ0n) is 18.6. The largest absolute Gasteiger partial charge is 0.284 e. The van der Waals surface area contributed by atoms with Gasteiger partial charge in [-0.3, -0.25) is 14.7 Å². The molecule has 0 aliphatic heterocycles. The number of benzene rings is 2. The highest BCUT2D eigenvalue weighted by molar-refractivity contribution is 7.90. The highest BCUT2D eigenvalue weighted by atomic mass is 32.2. The Morgan fingerprint density at radius 3 is 2.45 bits per heavy atom. The molecular formula is C25H25N3O3S2. The number of anilines is 1. The maximum absolute atomic E-state index is 13.3. The number of carbonyl (C=O) groups is 1. The maximum Gasteiger partial charge on any atom is 0.230 e. The third-order valence-corrected chi connectivity index (χ3v) is 8.08. The van der Waals surface area contributed by atoms with Crippen LogP contribution in [0.1, 0.15) is 28.7 Å². The second-order valence-corrected chi connectivity index (χ2v) is 11.3. The van der Waals surface area contributed by atoms with Crippen LogP contribution in [0.25, 0.3) is 10.2 Å². The van der Waals surface area contributed by atoms with Gasteiger partial charge in [-0.25, -0.2) is 13.4 Å². The van der Waals surface area contributed by atoms with Gasteiger partial charge in [0.15, 0.2) is 15.0 Å². The summed E-state index contributed by atoms with van der Waals surface area (Å²) in [4.78, 5) is 23.7. The van der Waals surface area contributed by atoms with Crippen molar-refractivity contribution in [3.63, 3.8) is 0 Å². The molecule has 0 aliphatic carbocycles. The Balaban J connectivity index is 1.57. The van der Waals surface area contributed by atoms with Gasteiger partial charge in [-0.1, -0.05) is 47.7 Å². The van der Waals surface area contributed by atoms with Crippen LogP contribution in [0.5, 0.6) is 0 Å². The minimum atomic E-state index is -3.43. The van der Waals surface area contributed by atoms with Crippen molar-refractivity contribution in [2.75, 3.05) is 10.7 Å². The number of sulfone groups is 1. The molecule has 2 aromatic carbocycles. The predicted octanol–water partition coefficient (Wildman–Crippen LogP) is 4.85. The van der Waals surface area contributed by atoms with Gasteiger partial charge in [0.2, 0.25) is 5.91 Å². The molecule has 0 unspecified atom stereocenters. The van der Waals surface area contributed by atoms with E-state index in [-0.39, 0.29) is 30.4 Å². The van der Waals surface area contributed by atoms with Crippen LogP contribution in [-0.2, 0) is 26.9 Å². The molecule has 0 bridgehead atoms. The molecule has 33 heavy (non-hydrogen) atoms. The topological polar surface area (TPSA) is 80.2 Å². The van der Waals surface area contributed by atoms with Crippen molar-refractivity contribution in [3.8, 4) is 0 Å². The van der Waals surface area contributed by atoms with Gasteiger partial charge in [0.25, 0.3) is 0 Å². The van der Waals surface area contributed by atoms with E-state index in [1.807, 2.05) is 50.2 Å². The lowest BCUT2D eigenvalue weighted by Crippen LogP contribution is -2.32. The van der Waals surface area contributed by atoms with Crippen molar-refractivity contribution < 1.29 is 13.2 Å². The number of thiazole rings is 1. The smallest absolute Gasteiger partial charge is 0.230 e. The van der Waals surface area contributed by atoms with Gasteiger partial charge in [0, 0.05) is 18.8 Å². The fraction of sp³-hybridized carbons (Fsp3) is 0.240. The molecule has 4 rings (SSSR count). The van der Waals surface area contributed by atoms with Crippen molar-refractivity contribution in [3.05, 3.63) is 89.2 Å². The van der Waals surface area contributed by atoms with E-state index in [9.17, 15) is 13.2 Å². The van der Waals surface area contributed by atoms with Gasteiger partial charge >= 0.3 is 0 Å². The van der Waals surface area contributed by atoms with E-state index in [0.29, 0.717) is 10.7 Å². The lowest BCUT2D eigenvalue weighted by molar-refractivity contribution is -0.118. The summed E-state index contributed by atoms with van der Waals surface area (Å²) in [5, 5.41) is 0.560. The molecule has 170 valence electrons. The monoisotopic (exact) mass is 479 g/mol. The normalized spacial score (nSPS) is 11.6. The first kappa shape index (κ1) is 23.1.